The van der Waals surface area contributed by atoms with Crippen molar-refractivity contribution < 1.29 is 13.2 Å². The van der Waals surface area contributed by atoms with Gasteiger partial charge < -0.3 is 9.47 Å². The maximum atomic E-state index is 12.5. The average Bonchev–Trinajstić information content (AvgIpc) is 2.79. The molecule has 0 aliphatic carbocycles. The van der Waals surface area contributed by atoms with Crippen LogP contribution >= 0.6 is 10.7 Å². The largest absolute Gasteiger partial charge is 0.340 e. The molecule has 0 aliphatic rings. The van der Waals surface area contributed by atoms with E-state index in [-0.39, 0.29) is 16.8 Å². The molecule has 1 aromatic heterocycles. The minimum absolute atomic E-state index is 0.0328. The van der Waals surface area contributed by atoms with Crippen LogP contribution in [-0.2, 0) is 9.05 Å². The van der Waals surface area contributed by atoms with Crippen LogP contribution in [0.15, 0.2) is 17.2 Å². The van der Waals surface area contributed by atoms with Crippen molar-refractivity contribution in [2.75, 3.05) is 13.6 Å². The van der Waals surface area contributed by atoms with Crippen LogP contribution in [0.4, 0.5) is 0 Å². The third kappa shape index (κ3) is 4.74. The summed E-state index contributed by atoms with van der Waals surface area (Å²) in [6.45, 7) is 8.58. The van der Waals surface area contributed by atoms with Gasteiger partial charge in [-0.25, -0.2) is 8.42 Å². The van der Waals surface area contributed by atoms with Crippen LogP contribution in [0.1, 0.15) is 50.6 Å². The standard InChI is InChI=1S/C14H23ClN2O3S/c1-10(2)6-7-16(5)14(18)13-8-12(21(15,19)20)9-17(13)11(3)4/h8-11H,6-7H2,1-5H3. The minimum atomic E-state index is -3.84. The second kappa shape index (κ2) is 6.83. The van der Waals surface area contributed by atoms with E-state index in [9.17, 15) is 13.2 Å². The first-order valence-electron chi connectivity index (χ1n) is 6.96. The Morgan fingerprint density at radius 1 is 1.33 bits per heavy atom. The first-order valence-corrected chi connectivity index (χ1v) is 9.27. The maximum absolute atomic E-state index is 12.5. The van der Waals surface area contributed by atoms with Crippen molar-refractivity contribution in [2.45, 2.75) is 45.1 Å². The van der Waals surface area contributed by atoms with Gasteiger partial charge in [-0.2, -0.15) is 0 Å². The average molecular weight is 335 g/mol. The van der Waals surface area contributed by atoms with E-state index in [2.05, 4.69) is 13.8 Å². The number of carbonyl (C=O) groups excluding carboxylic acids is 1. The third-order valence-electron chi connectivity index (χ3n) is 3.27. The monoisotopic (exact) mass is 334 g/mol. The number of rotatable bonds is 6. The van der Waals surface area contributed by atoms with Gasteiger partial charge in [-0.1, -0.05) is 13.8 Å². The summed E-state index contributed by atoms with van der Waals surface area (Å²) in [4.78, 5) is 14.1. The summed E-state index contributed by atoms with van der Waals surface area (Å²) in [6, 6.07) is 1.31. The van der Waals surface area contributed by atoms with Crippen LogP contribution in [0, 0.1) is 5.92 Å². The number of hydrogen-bond acceptors (Lipinski definition) is 3. The highest BCUT2D eigenvalue weighted by Gasteiger charge is 2.23. The molecular formula is C14H23ClN2O3S. The van der Waals surface area contributed by atoms with Crippen LogP contribution < -0.4 is 0 Å². The van der Waals surface area contributed by atoms with Crippen molar-refractivity contribution in [3.05, 3.63) is 18.0 Å². The molecule has 1 aromatic rings. The van der Waals surface area contributed by atoms with Crippen LogP contribution in [-0.4, -0.2) is 37.4 Å². The summed E-state index contributed by atoms with van der Waals surface area (Å²) >= 11 is 0. The fraction of sp³-hybridized carbons (Fsp3) is 0.643. The van der Waals surface area contributed by atoms with Crippen LogP contribution in [0.2, 0.25) is 0 Å². The van der Waals surface area contributed by atoms with Crippen molar-refractivity contribution >= 4 is 25.6 Å². The Morgan fingerprint density at radius 3 is 2.33 bits per heavy atom. The zero-order chi connectivity index (χ0) is 16.4. The summed E-state index contributed by atoms with van der Waals surface area (Å²) < 4.78 is 24.6. The summed E-state index contributed by atoms with van der Waals surface area (Å²) in [7, 11) is 3.25. The number of carbonyl (C=O) groups is 1. The summed E-state index contributed by atoms with van der Waals surface area (Å²) in [6.07, 6.45) is 2.31. The lowest BCUT2D eigenvalue weighted by molar-refractivity contribution is 0.0777. The van der Waals surface area contributed by atoms with Gasteiger partial charge in [-0.15, -0.1) is 0 Å². The van der Waals surface area contributed by atoms with E-state index >= 15 is 0 Å². The molecule has 1 amide bonds. The second-order valence-corrected chi connectivity index (χ2v) is 8.48. The van der Waals surface area contributed by atoms with E-state index in [4.69, 9.17) is 10.7 Å². The normalized spacial score (nSPS) is 12.2. The van der Waals surface area contributed by atoms with Gasteiger partial charge in [0.15, 0.2) is 0 Å². The van der Waals surface area contributed by atoms with E-state index in [0.29, 0.717) is 18.2 Å². The minimum Gasteiger partial charge on any atom is -0.340 e. The molecule has 120 valence electrons. The van der Waals surface area contributed by atoms with E-state index in [1.807, 2.05) is 13.8 Å². The third-order valence-corrected chi connectivity index (χ3v) is 4.59. The first kappa shape index (κ1) is 18.0. The predicted octanol–water partition coefficient (Wildman–Crippen LogP) is 3.11. The fourth-order valence-corrected chi connectivity index (χ4v) is 2.68. The molecule has 0 atom stereocenters. The molecule has 0 radical (unpaired) electrons. The highest BCUT2D eigenvalue weighted by molar-refractivity contribution is 8.13. The van der Waals surface area contributed by atoms with Gasteiger partial charge in [0.05, 0.1) is 0 Å². The Balaban J connectivity index is 3.10. The zero-order valence-electron chi connectivity index (χ0n) is 13.1. The maximum Gasteiger partial charge on any atom is 0.270 e. The molecular weight excluding hydrogens is 312 g/mol. The van der Waals surface area contributed by atoms with Gasteiger partial charge in [-0.3, -0.25) is 4.79 Å². The van der Waals surface area contributed by atoms with E-state index in [1.165, 1.54) is 12.3 Å². The summed E-state index contributed by atoms with van der Waals surface area (Å²) in [5, 5.41) is 0. The van der Waals surface area contributed by atoms with Crippen LogP contribution in [0.25, 0.3) is 0 Å². The Morgan fingerprint density at radius 2 is 1.90 bits per heavy atom. The smallest absolute Gasteiger partial charge is 0.270 e. The van der Waals surface area contributed by atoms with E-state index in [0.717, 1.165) is 6.42 Å². The molecule has 0 bridgehead atoms. The number of hydrogen-bond donors (Lipinski definition) is 0. The Kier molecular flexibility index (Phi) is 5.87. The molecule has 0 fully saturated rings. The Bertz CT molecular complexity index is 606. The lowest BCUT2D eigenvalue weighted by atomic mass is 10.1. The Hall–Kier alpha value is -1.01. The molecule has 7 heteroatoms. The number of nitrogens with zero attached hydrogens (tertiary/aromatic N) is 2. The molecule has 0 aliphatic heterocycles. The molecule has 21 heavy (non-hydrogen) atoms. The molecule has 0 N–H and O–H groups in total. The van der Waals surface area contributed by atoms with Crippen molar-refractivity contribution in [3.8, 4) is 0 Å². The molecule has 0 unspecified atom stereocenters. The van der Waals surface area contributed by atoms with Gasteiger partial charge in [0.1, 0.15) is 10.6 Å². The number of amides is 1. The van der Waals surface area contributed by atoms with Gasteiger partial charge in [0.25, 0.3) is 15.0 Å². The van der Waals surface area contributed by atoms with Gasteiger partial charge in [0, 0.05) is 36.5 Å². The lowest BCUT2D eigenvalue weighted by Gasteiger charge is -2.20. The van der Waals surface area contributed by atoms with Crippen LogP contribution in [0.3, 0.4) is 0 Å². The van der Waals surface area contributed by atoms with Gasteiger partial charge in [-0.05, 0) is 32.3 Å². The number of aromatic nitrogens is 1. The zero-order valence-corrected chi connectivity index (χ0v) is 14.7. The molecule has 0 saturated carbocycles. The summed E-state index contributed by atoms with van der Waals surface area (Å²) in [5.74, 6) is 0.298. The van der Waals surface area contributed by atoms with Crippen molar-refractivity contribution in [2.24, 2.45) is 5.92 Å². The molecule has 0 spiro atoms. The van der Waals surface area contributed by atoms with E-state index < -0.39 is 9.05 Å². The molecule has 0 aromatic carbocycles. The molecule has 1 rings (SSSR count). The fourth-order valence-electron chi connectivity index (χ4n) is 1.93. The van der Waals surface area contributed by atoms with E-state index in [1.54, 1.807) is 16.5 Å². The molecule has 0 saturated heterocycles. The van der Waals surface area contributed by atoms with Gasteiger partial charge >= 0.3 is 0 Å². The highest BCUT2D eigenvalue weighted by atomic mass is 35.7. The summed E-state index contributed by atoms with van der Waals surface area (Å²) in [5.41, 5.74) is 0.343. The second-order valence-electron chi connectivity index (χ2n) is 5.91. The topological polar surface area (TPSA) is 59.4 Å². The predicted molar refractivity (Wildman–Crippen MR) is 84.3 cm³/mol. The van der Waals surface area contributed by atoms with Crippen LogP contribution in [0.5, 0.6) is 0 Å². The van der Waals surface area contributed by atoms with Gasteiger partial charge in [0.2, 0.25) is 0 Å². The SMILES string of the molecule is CC(C)CCN(C)C(=O)c1cc(S(=O)(=O)Cl)cn1C(C)C. The quantitative estimate of drug-likeness (QED) is 0.751. The van der Waals surface area contributed by atoms with Crippen molar-refractivity contribution in [3.63, 3.8) is 0 Å². The highest BCUT2D eigenvalue weighted by Crippen LogP contribution is 2.23. The Labute approximate surface area is 131 Å². The molecule has 5 nitrogen and oxygen atoms in total. The number of halogens is 1. The first-order chi connectivity index (χ1) is 9.54. The van der Waals surface area contributed by atoms with Crippen molar-refractivity contribution in [1.29, 1.82) is 0 Å². The lowest BCUT2D eigenvalue weighted by Crippen LogP contribution is -2.30. The molecule has 1 heterocycles. The van der Waals surface area contributed by atoms with Crippen molar-refractivity contribution in [1.82, 2.24) is 9.47 Å².